The molecule has 0 bridgehead atoms. The van der Waals surface area contributed by atoms with Crippen LogP contribution in [0.15, 0.2) is 58.5 Å². The maximum absolute atomic E-state index is 12.7. The molecule has 9 nitrogen and oxygen atoms in total. The third-order valence-corrected chi connectivity index (χ3v) is 7.26. The fraction of sp³-hybridized carbons (Fsp3) is 0.391. The molecule has 0 saturated carbocycles. The number of likely N-dealkylation sites (N-methyl/N-ethyl adjacent to an activating group) is 1. The van der Waals surface area contributed by atoms with Crippen molar-refractivity contribution in [1.82, 2.24) is 9.73 Å². The molecule has 2 aromatic rings. The van der Waals surface area contributed by atoms with E-state index >= 15 is 0 Å². The second-order valence-electron chi connectivity index (χ2n) is 7.69. The second-order valence-corrected chi connectivity index (χ2v) is 9.63. The van der Waals surface area contributed by atoms with E-state index in [0.29, 0.717) is 39.3 Å². The SMILES string of the molecule is CN(CCO)c1ccc(/C=N/NC(=O)CCc2ccc(S(=O)(=O)N3CCOCC3)cc2)cc1. The number of carbonyl (C=O) groups excluding carboxylic acids is 1. The van der Waals surface area contributed by atoms with Crippen LogP contribution in [0.25, 0.3) is 0 Å². The Kier molecular flexibility index (Phi) is 8.95. The van der Waals surface area contributed by atoms with E-state index in [1.807, 2.05) is 36.2 Å². The highest BCUT2D eigenvalue weighted by atomic mass is 32.2. The van der Waals surface area contributed by atoms with Gasteiger partial charge in [-0.15, -0.1) is 0 Å². The highest BCUT2D eigenvalue weighted by Crippen LogP contribution is 2.18. The predicted octanol–water partition coefficient (Wildman–Crippen LogP) is 1.22. The summed E-state index contributed by atoms with van der Waals surface area (Å²) >= 11 is 0. The first kappa shape index (κ1) is 24.8. The van der Waals surface area contributed by atoms with E-state index in [9.17, 15) is 13.2 Å². The van der Waals surface area contributed by atoms with Crippen LogP contribution in [0.4, 0.5) is 5.69 Å². The van der Waals surface area contributed by atoms with Gasteiger partial charge in [-0.05, 0) is 41.8 Å². The molecule has 1 heterocycles. The van der Waals surface area contributed by atoms with Gasteiger partial charge in [0.15, 0.2) is 0 Å². The van der Waals surface area contributed by atoms with Crippen LogP contribution in [0.1, 0.15) is 17.5 Å². The van der Waals surface area contributed by atoms with Crippen molar-refractivity contribution in [2.75, 3.05) is 51.4 Å². The van der Waals surface area contributed by atoms with E-state index in [1.165, 1.54) is 4.31 Å². The number of carbonyl (C=O) groups is 1. The molecular weight excluding hydrogens is 444 g/mol. The second kappa shape index (κ2) is 11.9. The maximum Gasteiger partial charge on any atom is 0.243 e. The summed E-state index contributed by atoms with van der Waals surface area (Å²) < 4.78 is 32.0. The number of aliphatic hydroxyl groups excluding tert-OH is 1. The van der Waals surface area contributed by atoms with E-state index in [4.69, 9.17) is 9.84 Å². The highest BCUT2D eigenvalue weighted by molar-refractivity contribution is 7.89. The van der Waals surface area contributed by atoms with Crippen LogP contribution in [0.5, 0.6) is 0 Å². The Balaban J connectivity index is 1.46. The van der Waals surface area contributed by atoms with Gasteiger partial charge in [0.2, 0.25) is 15.9 Å². The molecular formula is C23H30N4O5S. The monoisotopic (exact) mass is 474 g/mol. The van der Waals surface area contributed by atoms with Crippen LogP contribution in [0.2, 0.25) is 0 Å². The number of nitrogens with zero attached hydrogens (tertiary/aromatic N) is 3. The highest BCUT2D eigenvalue weighted by Gasteiger charge is 2.26. The summed E-state index contributed by atoms with van der Waals surface area (Å²) in [4.78, 5) is 14.3. The van der Waals surface area contributed by atoms with Crippen molar-refractivity contribution >= 4 is 27.8 Å². The van der Waals surface area contributed by atoms with Crippen LogP contribution in [0, 0.1) is 0 Å². The molecule has 3 rings (SSSR count). The maximum atomic E-state index is 12.7. The zero-order valence-electron chi connectivity index (χ0n) is 18.7. The molecule has 1 amide bonds. The van der Waals surface area contributed by atoms with Crippen LogP contribution < -0.4 is 10.3 Å². The Hall–Kier alpha value is -2.79. The van der Waals surface area contributed by atoms with Gasteiger partial charge in [0, 0.05) is 38.8 Å². The van der Waals surface area contributed by atoms with Crippen molar-refractivity contribution in [3.8, 4) is 0 Å². The quantitative estimate of drug-likeness (QED) is 0.396. The first-order valence-electron chi connectivity index (χ1n) is 10.8. The third kappa shape index (κ3) is 7.10. The lowest BCUT2D eigenvalue weighted by molar-refractivity contribution is -0.121. The van der Waals surface area contributed by atoms with E-state index in [-0.39, 0.29) is 23.8 Å². The summed E-state index contributed by atoms with van der Waals surface area (Å²) in [6, 6.07) is 14.2. The molecule has 1 aliphatic rings. The first-order chi connectivity index (χ1) is 15.9. The molecule has 33 heavy (non-hydrogen) atoms. The lowest BCUT2D eigenvalue weighted by Crippen LogP contribution is -2.40. The Morgan fingerprint density at radius 2 is 1.82 bits per heavy atom. The number of morpholine rings is 1. The lowest BCUT2D eigenvalue weighted by Gasteiger charge is -2.26. The number of benzene rings is 2. The summed E-state index contributed by atoms with van der Waals surface area (Å²) in [6.07, 6.45) is 2.28. The van der Waals surface area contributed by atoms with Crippen molar-refractivity contribution in [1.29, 1.82) is 0 Å². The standard InChI is InChI=1S/C23H30N4O5S/c1-26(12-15-28)21-7-2-20(3-8-21)18-24-25-23(29)11-6-19-4-9-22(10-5-19)33(30,31)27-13-16-32-17-14-27/h2-5,7-10,18,28H,6,11-17H2,1H3,(H,25,29)/b24-18+. The van der Waals surface area contributed by atoms with E-state index in [2.05, 4.69) is 10.5 Å². The third-order valence-electron chi connectivity index (χ3n) is 5.34. The number of ether oxygens (including phenoxy) is 1. The van der Waals surface area contributed by atoms with E-state index < -0.39 is 10.0 Å². The Labute approximate surface area is 194 Å². The molecule has 0 radical (unpaired) electrons. The molecule has 178 valence electrons. The Morgan fingerprint density at radius 3 is 2.45 bits per heavy atom. The lowest BCUT2D eigenvalue weighted by atomic mass is 10.1. The molecule has 2 N–H and O–H groups in total. The van der Waals surface area contributed by atoms with Crippen LogP contribution >= 0.6 is 0 Å². The van der Waals surface area contributed by atoms with Crippen molar-refractivity contribution < 1.29 is 23.1 Å². The van der Waals surface area contributed by atoms with Crippen LogP contribution in [-0.4, -0.2) is 76.5 Å². The van der Waals surface area contributed by atoms with E-state index in [0.717, 1.165) is 16.8 Å². The number of rotatable bonds is 10. The smallest absolute Gasteiger partial charge is 0.243 e. The number of anilines is 1. The summed E-state index contributed by atoms with van der Waals surface area (Å²) in [6.45, 7) is 2.16. The average Bonchev–Trinajstić information content (AvgIpc) is 2.84. The van der Waals surface area contributed by atoms with Crippen molar-refractivity contribution in [2.24, 2.45) is 5.10 Å². The Morgan fingerprint density at radius 1 is 1.15 bits per heavy atom. The normalized spacial score (nSPS) is 15.0. The number of hydrazone groups is 1. The fourth-order valence-electron chi connectivity index (χ4n) is 3.35. The van der Waals surface area contributed by atoms with Gasteiger partial charge in [0.05, 0.1) is 30.9 Å². The number of amides is 1. The first-order valence-corrected chi connectivity index (χ1v) is 12.2. The molecule has 0 unspecified atom stereocenters. The molecule has 10 heteroatoms. The summed E-state index contributed by atoms with van der Waals surface area (Å²) in [7, 11) is -1.62. The zero-order valence-corrected chi connectivity index (χ0v) is 19.5. The number of hydrogen-bond donors (Lipinski definition) is 2. The largest absolute Gasteiger partial charge is 0.395 e. The number of hydrogen-bond acceptors (Lipinski definition) is 7. The molecule has 0 atom stereocenters. The molecule has 0 aromatic heterocycles. The minimum absolute atomic E-state index is 0.0867. The van der Waals surface area contributed by atoms with Crippen molar-refractivity contribution in [3.05, 3.63) is 59.7 Å². The van der Waals surface area contributed by atoms with Crippen molar-refractivity contribution in [3.63, 3.8) is 0 Å². The molecule has 0 aliphatic carbocycles. The molecule has 2 aromatic carbocycles. The number of sulfonamides is 1. The fourth-order valence-corrected chi connectivity index (χ4v) is 4.76. The molecule has 1 saturated heterocycles. The van der Waals surface area contributed by atoms with Crippen LogP contribution in [-0.2, 0) is 26.0 Å². The summed E-state index contributed by atoms with van der Waals surface area (Å²) in [5, 5.41) is 13.0. The molecule has 1 fully saturated rings. The van der Waals surface area contributed by atoms with Gasteiger partial charge in [0.1, 0.15) is 0 Å². The van der Waals surface area contributed by atoms with Gasteiger partial charge < -0.3 is 14.7 Å². The van der Waals surface area contributed by atoms with Gasteiger partial charge in [0.25, 0.3) is 0 Å². The van der Waals surface area contributed by atoms with Gasteiger partial charge >= 0.3 is 0 Å². The Bertz CT molecular complexity index is 1030. The van der Waals surface area contributed by atoms with Gasteiger partial charge in [-0.3, -0.25) is 4.79 Å². The predicted molar refractivity (Wildman–Crippen MR) is 127 cm³/mol. The van der Waals surface area contributed by atoms with Crippen molar-refractivity contribution in [2.45, 2.75) is 17.7 Å². The topological polar surface area (TPSA) is 112 Å². The number of aryl methyl sites for hydroxylation is 1. The minimum Gasteiger partial charge on any atom is -0.395 e. The average molecular weight is 475 g/mol. The molecule has 0 spiro atoms. The zero-order chi connectivity index (χ0) is 23.7. The minimum atomic E-state index is -3.52. The van der Waals surface area contributed by atoms with Gasteiger partial charge in [-0.2, -0.15) is 9.41 Å². The summed E-state index contributed by atoms with van der Waals surface area (Å²) in [5.74, 6) is -0.226. The van der Waals surface area contributed by atoms with Gasteiger partial charge in [-0.1, -0.05) is 24.3 Å². The number of aliphatic hydroxyl groups is 1. The summed E-state index contributed by atoms with van der Waals surface area (Å²) in [5.41, 5.74) is 5.20. The number of nitrogens with one attached hydrogen (secondary N) is 1. The van der Waals surface area contributed by atoms with Gasteiger partial charge in [-0.25, -0.2) is 13.8 Å². The molecule has 1 aliphatic heterocycles. The van der Waals surface area contributed by atoms with Crippen LogP contribution in [0.3, 0.4) is 0 Å². The van der Waals surface area contributed by atoms with E-state index in [1.54, 1.807) is 30.5 Å².